The second-order valence-corrected chi connectivity index (χ2v) is 7.06. The summed E-state index contributed by atoms with van der Waals surface area (Å²) in [7, 11) is -3.20. The molecule has 1 aromatic rings. The van der Waals surface area contributed by atoms with Crippen LogP contribution in [0.3, 0.4) is 0 Å². The van der Waals surface area contributed by atoms with Gasteiger partial charge in [-0.15, -0.1) is 0 Å². The Bertz CT molecular complexity index is 673. The van der Waals surface area contributed by atoms with Gasteiger partial charge in [0.15, 0.2) is 5.69 Å². The minimum atomic E-state index is -3.20. The van der Waals surface area contributed by atoms with E-state index in [0.29, 0.717) is 26.1 Å². The molecule has 0 radical (unpaired) electrons. The molecule has 1 aliphatic heterocycles. The highest BCUT2D eigenvalue weighted by molar-refractivity contribution is 7.88. The highest BCUT2D eigenvalue weighted by atomic mass is 32.2. The number of carbonyl (C=O) groups is 2. The SMILES string of the molecule is CS(=O)(=O)N1CCC(CNC(=O)c2cnc(C(=O)O)cn2)C1. The number of nitrogens with zero attached hydrogens (tertiary/aromatic N) is 3. The quantitative estimate of drug-likeness (QED) is 0.722. The largest absolute Gasteiger partial charge is 0.476 e. The van der Waals surface area contributed by atoms with Crippen molar-refractivity contribution >= 4 is 21.9 Å². The average Bonchev–Trinajstić information content (AvgIpc) is 2.94. The zero-order chi connectivity index (χ0) is 16.3. The second-order valence-electron chi connectivity index (χ2n) is 5.08. The molecule has 1 unspecified atom stereocenters. The van der Waals surface area contributed by atoms with E-state index in [9.17, 15) is 18.0 Å². The summed E-state index contributed by atoms with van der Waals surface area (Å²) < 4.78 is 24.2. The molecule has 1 aromatic heterocycles. The Morgan fingerprint density at radius 2 is 2.00 bits per heavy atom. The summed E-state index contributed by atoms with van der Waals surface area (Å²) in [4.78, 5) is 29.9. The molecule has 2 heterocycles. The fraction of sp³-hybridized carbons (Fsp3) is 0.500. The van der Waals surface area contributed by atoms with E-state index in [1.54, 1.807) is 0 Å². The standard InChI is InChI=1S/C12H16N4O5S/c1-22(20,21)16-3-2-8(7-16)4-15-11(17)9-5-14-10(6-13-9)12(18)19/h5-6,8H,2-4,7H2,1H3,(H,15,17)(H,18,19). The molecule has 0 aromatic carbocycles. The molecular formula is C12H16N4O5S. The first kappa shape index (κ1) is 16.3. The Kier molecular flexibility index (Phi) is 4.71. The number of amides is 1. The third-order valence-electron chi connectivity index (χ3n) is 3.37. The predicted molar refractivity (Wildman–Crippen MR) is 75.8 cm³/mol. The van der Waals surface area contributed by atoms with Gasteiger partial charge in [0.2, 0.25) is 10.0 Å². The maximum atomic E-state index is 11.9. The van der Waals surface area contributed by atoms with E-state index >= 15 is 0 Å². The van der Waals surface area contributed by atoms with Gasteiger partial charge in [0.05, 0.1) is 18.6 Å². The van der Waals surface area contributed by atoms with Crippen LogP contribution < -0.4 is 5.32 Å². The first-order valence-corrected chi connectivity index (χ1v) is 8.41. The van der Waals surface area contributed by atoms with Gasteiger partial charge in [-0.1, -0.05) is 0 Å². The number of nitrogens with one attached hydrogen (secondary N) is 1. The van der Waals surface area contributed by atoms with Gasteiger partial charge in [-0.05, 0) is 12.3 Å². The van der Waals surface area contributed by atoms with Crippen molar-refractivity contribution < 1.29 is 23.1 Å². The van der Waals surface area contributed by atoms with E-state index in [1.807, 2.05) is 0 Å². The molecule has 1 saturated heterocycles. The fourth-order valence-corrected chi connectivity index (χ4v) is 3.07. The van der Waals surface area contributed by atoms with Crippen LogP contribution in [0.4, 0.5) is 0 Å². The maximum absolute atomic E-state index is 11.9. The molecule has 0 aliphatic carbocycles. The van der Waals surface area contributed by atoms with Gasteiger partial charge in [-0.25, -0.2) is 27.5 Å². The lowest BCUT2D eigenvalue weighted by Crippen LogP contribution is -2.33. The summed E-state index contributed by atoms with van der Waals surface area (Å²) in [6.07, 6.45) is 3.94. The lowest BCUT2D eigenvalue weighted by Gasteiger charge is -2.13. The van der Waals surface area contributed by atoms with Crippen molar-refractivity contribution in [3.05, 3.63) is 23.8 Å². The molecule has 1 aliphatic rings. The highest BCUT2D eigenvalue weighted by Gasteiger charge is 2.28. The van der Waals surface area contributed by atoms with Crippen molar-refractivity contribution in [1.29, 1.82) is 0 Å². The molecule has 2 rings (SSSR count). The number of rotatable bonds is 5. The van der Waals surface area contributed by atoms with Crippen molar-refractivity contribution in [3.8, 4) is 0 Å². The van der Waals surface area contributed by atoms with Gasteiger partial charge in [0.1, 0.15) is 5.69 Å². The summed E-state index contributed by atoms with van der Waals surface area (Å²) >= 11 is 0. The van der Waals surface area contributed by atoms with Gasteiger partial charge < -0.3 is 10.4 Å². The zero-order valence-corrected chi connectivity index (χ0v) is 12.7. The predicted octanol–water partition coefficient (Wildman–Crippen LogP) is -0.814. The molecule has 1 fully saturated rings. The molecule has 2 N–H and O–H groups in total. The average molecular weight is 328 g/mol. The molecule has 0 bridgehead atoms. The van der Waals surface area contributed by atoms with Crippen molar-refractivity contribution in [1.82, 2.24) is 19.6 Å². The summed E-state index contributed by atoms with van der Waals surface area (Å²) in [6, 6.07) is 0. The third-order valence-corrected chi connectivity index (χ3v) is 4.64. The van der Waals surface area contributed by atoms with Crippen molar-refractivity contribution in [2.75, 3.05) is 25.9 Å². The third kappa shape index (κ3) is 3.98. The van der Waals surface area contributed by atoms with E-state index in [2.05, 4.69) is 15.3 Å². The minimum Gasteiger partial charge on any atom is -0.476 e. The smallest absolute Gasteiger partial charge is 0.356 e. The van der Waals surface area contributed by atoms with Crippen LogP contribution in [0.2, 0.25) is 0 Å². The van der Waals surface area contributed by atoms with Crippen molar-refractivity contribution in [2.45, 2.75) is 6.42 Å². The van der Waals surface area contributed by atoms with Crippen LogP contribution in [0.5, 0.6) is 0 Å². The highest BCUT2D eigenvalue weighted by Crippen LogP contribution is 2.17. The number of sulfonamides is 1. The number of carboxylic acids is 1. The first-order valence-electron chi connectivity index (χ1n) is 6.56. The van der Waals surface area contributed by atoms with E-state index in [4.69, 9.17) is 5.11 Å². The maximum Gasteiger partial charge on any atom is 0.356 e. The molecule has 1 amide bonds. The Balaban J connectivity index is 1.87. The second kappa shape index (κ2) is 6.36. The van der Waals surface area contributed by atoms with Crippen molar-refractivity contribution in [3.63, 3.8) is 0 Å². The van der Waals surface area contributed by atoms with Crippen LogP contribution in [-0.4, -0.2) is 65.6 Å². The number of carbonyl (C=O) groups excluding carboxylic acids is 1. The van der Waals surface area contributed by atoms with Gasteiger partial charge >= 0.3 is 5.97 Å². The van der Waals surface area contributed by atoms with Crippen LogP contribution in [0, 0.1) is 5.92 Å². The van der Waals surface area contributed by atoms with Gasteiger partial charge in [0.25, 0.3) is 5.91 Å². The zero-order valence-electron chi connectivity index (χ0n) is 11.9. The minimum absolute atomic E-state index is 0.0166. The Morgan fingerprint density at radius 1 is 1.36 bits per heavy atom. The molecule has 9 nitrogen and oxygen atoms in total. The van der Waals surface area contributed by atoms with Crippen LogP contribution in [-0.2, 0) is 10.0 Å². The van der Waals surface area contributed by atoms with Crippen molar-refractivity contribution in [2.24, 2.45) is 5.92 Å². The molecular weight excluding hydrogens is 312 g/mol. The van der Waals surface area contributed by atoms with Gasteiger partial charge in [-0.3, -0.25) is 4.79 Å². The Hall–Kier alpha value is -2.07. The number of hydrogen-bond acceptors (Lipinski definition) is 6. The number of hydrogen-bond donors (Lipinski definition) is 2. The normalized spacial score (nSPS) is 19.0. The lowest BCUT2D eigenvalue weighted by atomic mass is 10.1. The lowest BCUT2D eigenvalue weighted by molar-refractivity contribution is 0.0689. The molecule has 0 saturated carbocycles. The summed E-state index contributed by atoms with van der Waals surface area (Å²) in [5.41, 5.74) is -0.223. The van der Waals surface area contributed by atoms with Crippen LogP contribution in [0.1, 0.15) is 27.4 Å². The van der Waals surface area contributed by atoms with Crippen LogP contribution >= 0.6 is 0 Å². The molecule has 10 heteroatoms. The topological polar surface area (TPSA) is 130 Å². The van der Waals surface area contributed by atoms with Crippen LogP contribution in [0.25, 0.3) is 0 Å². The Morgan fingerprint density at radius 3 is 2.50 bits per heavy atom. The monoisotopic (exact) mass is 328 g/mol. The summed E-state index contributed by atoms with van der Waals surface area (Å²) in [5, 5.41) is 11.3. The Labute approximate surface area is 127 Å². The number of carboxylic acid groups (broad SMARTS) is 1. The van der Waals surface area contributed by atoms with E-state index < -0.39 is 21.9 Å². The fourth-order valence-electron chi connectivity index (χ4n) is 2.15. The molecule has 120 valence electrons. The van der Waals surface area contributed by atoms with Gasteiger partial charge in [0, 0.05) is 19.6 Å². The number of aromatic nitrogens is 2. The summed E-state index contributed by atoms with van der Waals surface area (Å²) in [6.45, 7) is 1.16. The van der Waals surface area contributed by atoms with E-state index in [0.717, 1.165) is 18.6 Å². The van der Waals surface area contributed by atoms with Crippen LogP contribution in [0.15, 0.2) is 12.4 Å². The molecule has 22 heavy (non-hydrogen) atoms. The molecule has 1 atom stereocenters. The first-order chi connectivity index (χ1) is 10.3. The summed E-state index contributed by atoms with van der Waals surface area (Å²) in [5.74, 6) is -1.64. The van der Waals surface area contributed by atoms with Gasteiger partial charge in [-0.2, -0.15) is 0 Å². The number of aromatic carboxylic acids is 1. The van der Waals surface area contributed by atoms with E-state index in [-0.39, 0.29) is 17.3 Å². The molecule has 0 spiro atoms. The van der Waals surface area contributed by atoms with E-state index in [1.165, 1.54) is 4.31 Å².